The van der Waals surface area contributed by atoms with E-state index in [2.05, 4.69) is 28.8 Å². The number of nitrogens with two attached hydrogens (primary N) is 1. The van der Waals surface area contributed by atoms with Crippen LogP contribution in [0, 0.1) is 11.8 Å². The van der Waals surface area contributed by atoms with Crippen LogP contribution in [-0.4, -0.2) is 39.3 Å². The van der Waals surface area contributed by atoms with Crippen molar-refractivity contribution >= 4 is 0 Å². The van der Waals surface area contributed by atoms with Crippen LogP contribution in [0.1, 0.15) is 26.1 Å². The van der Waals surface area contributed by atoms with E-state index < -0.39 is 0 Å². The first kappa shape index (κ1) is 12.5. The molecule has 0 saturated carbocycles. The molecule has 2 atom stereocenters. The summed E-state index contributed by atoms with van der Waals surface area (Å²) in [5.41, 5.74) is 5.83. The fraction of sp³-hybridized carbons (Fsp3) is 0.833. The van der Waals surface area contributed by atoms with Gasteiger partial charge in [-0.15, -0.1) is 0 Å². The molecule has 2 unspecified atom stereocenters. The molecule has 2 heterocycles. The number of aromatic nitrogens is 3. The van der Waals surface area contributed by atoms with Gasteiger partial charge in [-0.05, 0) is 38.3 Å². The second kappa shape index (κ2) is 5.60. The molecule has 2 N–H and O–H groups in total. The van der Waals surface area contributed by atoms with Gasteiger partial charge >= 0.3 is 0 Å². The maximum Gasteiger partial charge on any atom is 0.140 e. The lowest BCUT2D eigenvalue weighted by Gasteiger charge is -2.36. The van der Waals surface area contributed by atoms with Crippen LogP contribution in [0.2, 0.25) is 0 Å². The molecule has 1 aliphatic rings. The number of aryl methyl sites for hydroxylation is 1. The molecule has 0 radical (unpaired) electrons. The number of rotatable bonds is 4. The van der Waals surface area contributed by atoms with Gasteiger partial charge in [0.2, 0.25) is 0 Å². The van der Waals surface area contributed by atoms with Crippen LogP contribution in [0.25, 0.3) is 0 Å². The van der Waals surface area contributed by atoms with Gasteiger partial charge in [0.25, 0.3) is 0 Å². The van der Waals surface area contributed by atoms with Crippen LogP contribution in [0.3, 0.4) is 0 Å². The molecule has 0 spiro atoms. The van der Waals surface area contributed by atoms with Crippen LogP contribution < -0.4 is 5.73 Å². The molecule has 96 valence electrons. The average Bonchev–Trinajstić information content (AvgIpc) is 2.79. The minimum atomic E-state index is 0.627. The lowest BCUT2D eigenvalue weighted by atomic mass is 9.87. The number of hydrogen-bond acceptors (Lipinski definition) is 4. The van der Waals surface area contributed by atoms with Gasteiger partial charge in [-0.25, -0.2) is 9.67 Å². The number of nitrogens with zero attached hydrogens (tertiary/aromatic N) is 4. The Morgan fingerprint density at radius 3 is 3.06 bits per heavy atom. The Bertz CT molecular complexity index is 348. The molecular weight excluding hydrogens is 214 g/mol. The summed E-state index contributed by atoms with van der Waals surface area (Å²) in [6.45, 7) is 9.22. The minimum absolute atomic E-state index is 0.627. The molecule has 17 heavy (non-hydrogen) atoms. The summed E-state index contributed by atoms with van der Waals surface area (Å²) in [4.78, 5) is 6.78. The van der Waals surface area contributed by atoms with E-state index in [0.717, 1.165) is 44.5 Å². The molecule has 1 fully saturated rings. The summed E-state index contributed by atoms with van der Waals surface area (Å²) < 4.78 is 1.97. The minimum Gasteiger partial charge on any atom is -0.330 e. The van der Waals surface area contributed by atoms with Crippen molar-refractivity contribution in [3.8, 4) is 0 Å². The van der Waals surface area contributed by atoms with Crippen LogP contribution in [0.4, 0.5) is 0 Å². The number of likely N-dealkylation sites (tertiary alicyclic amines) is 1. The van der Waals surface area contributed by atoms with E-state index in [-0.39, 0.29) is 0 Å². The third kappa shape index (κ3) is 2.84. The van der Waals surface area contributed by atoms with Crippen molar-refractivity contribution in [1.82, 2.24) is 19.7 Å². The predicted octanol–water partition coefficient (Wildman–Crippen LogP) is 0.715. The van der Waals surface area contributed by atoms with Crippen molar-refractivity contribution in [3.05, 3.63) is 12.2 Å². The Balaban J connectivity index is 1.95. The van der Waals surface area contributed by atoms with Gasteiger partial charge in [0.15, 0.2) is 0 Å². The molecule has 5 heteroatoms. The first-order chi connectivity index (χ1) is 8.24. The van der Waals surface area contributed by atoms with Crippen molar-refractivity contribution in [2.24, 2.45) is 17.6 Å². The fourth-order valence-electron chi connectivity index (χ4n) is 2.55. The van der Waals surface area contributed by atoms with E-state index in [1.165, 1.54) is 6.42 Å². The van der Waals surface area contributed by atoms with Gasteiger partial charge in [-0.1, -0.05) is 6.92 Å². The maximum absolute atomic E-state index is 5.83. The Labute approximate surface area is 103 Å². The van der Waals surface area contributed by atoms with Gasteiger partial charge in [-0.2, -0.15) is 5.10 Å². The van der Waals surface area contributed by atoms with E-state index in [1.54, 1.807) is 6.33 Å². The first-order valence-corrected chi connectivity index (χ1v) is 6.53. The van der Waals surface area contributed by atoms with Crippen molar-refractivity contribution in [2.45, 2.75) is 33.4 Å². The zero-order valence-corrected chi connectivity index (χ0v) is 10.8. The third-order valence-corrected chi connectivity index (χ3v) is 3.86. The highest BCUT2D eigenvalue weighted by atomic mass is 15.3. The Kier molecular flexibility index (Phi) is 4.12. The van der Waals surface area contributed by atoms with E-state index >= 15 is 0 Å². The molecule has 1 aromatic heterocycles. The molecule has 1 aliphatic heterocycles. The Morgan fingerprint density at radius 1 is 1.53 bits per heavy atom. The molecule has 1 saturated heterocycles. The Morgan fingerprint density at radius 2 is 2.35 bits per heavy atom. The van der Waals surface area contributed by atoms with E-state index in [9.17, 15) is 0 Å². The second-order valence-electron chi connectivity index (χ2n) is 4.99. The molecule has 5 nitrogen and oxygen atoms in total. The maximum atomic E-state index is 5.83. The molecule has 0 aliphatic carbocycles. The van der Waals surface area contributed by atoms with Crippen molar-refractivity contribution < 1.29 is 0 Å². The van der Waals surface area contributed by atoms with Crippen LogP contribution in [0.15, 0.2) is 6.33 Å². The van der Waals surface area contributed by atoms with E-state index in [1.807, 2.05) is 4.68 Å². The summed E-state index contributed by atoms with van der Waals surface area (Å²) in [5, 5.41) is 4.21. The van der Waals surface area contributed by atoms with Crippen molar-refractivity contribution in [1.29, 1.82) is 0 Å². The van der Waals surface area contributed by atoms with Crippen LogP contribution in [0.5, 0.6) is 0 Å². The molecule has 0 aromatic carbocycles. The molecule has 1 aromatic rings. The molecule has 0 amide bonds. The largest absolute Gasteiger partial charge is 0.330 e. The van der Waals surface area contributed by atoms with Crippen LogP contribution >= 0.6 is 0 Å². The zero-order valence-electron chi connectivity index (χ0n) is 10.8. The quantitative estimate of drug-likeness (QED) is 0.838. The second-order valence-corrected chi connectivity index (χ2v) is 4.99. The SMILES string of the molecule is CCn1ncnc1CN1CCC(C)C(CN)C1. The van der Waals surface area contributed by atoms with E-state index in [4.69, 9.17) is 5.73 Å². The molecule has 0 bridgehead atoms. The third-order valence-electron chi connectivity index (χ3n) is 3.86. The summed E-state index contributed by atoms with van der Waals surface area (Å²) in [7, 11) is 0. The van der Waals surface area contributed by atoms with Gasteiger partial charge in [0, 0.05) is 13.1 Å². The van der Waals surface area contributed by atoms with Gasteiger partial charge in [-0.3, -0.25) is 4.90 Å². The highest BCUT2D eigenvalue weighted by Crippen LogP contribution is 2.23. The summed E-state index contributed by atoms with van der Waals surface area (Å²) in [6.07, 6.45) is 2.88. The Hall–Kier alpha value is -0.940. The number of piperidine rings is 1. The normalized spacial score (nSPS) is 26.3. The van der Waals surface area contributed by atoms with Crippen molar-refractivity contribution in [2.75, 3.05) is 19.6 Å². The summed E-state index contributed by atoms with van der Waals surface area (Å²) in [5.74, 6) is 2.44. The standard InChI is InChI=1S/C12H23N5/c1-3-17-12(14-9-15-17)8-16-5-4-10(2)11(6-13)7-16/h9-11H,3-8,13H2,1-2H3. The summed E-state index contributed by atoms with van der Waals surface area (Å²) in [6, 6.07) is 0. The topological polar surface area (TPSA) is 60.0 Å². The lowest BCUT2D eigenvalue weighted by molar-refractivity contribution is 0.122. The lowest BCUT2D eigenvalue weighted by Crippen LogP contribution is -2.42. The van der Waals surface area contributed by atoms with Gasteiger partial charge < -0.3 is 5.73 Å². The fourth-order valence-corrected chi connectivity index (χ4v) is 2.55. The zero-order chi connectivity index (χ0) is 12.3. The van der Waals surface area contributed by atoms with Crippen LogP contribution in [-0.2, 0) is 13.1 Å². The number of hydrogen-bond donors (Lipinski definition) is 1. The first-order valence-electron chi connectivity index (χ1n) is 6.53. The van der Waals surface area contributed by atoms with Gasteiger partial charge in [0.1, 0.15) is 12.2 Å². The average molecular weight is 237 g/mol. The van der Waals surface area contributed by atoms with Crippen molar-refractivity contribution in [3.63, 3.8) is 0 Å². The van der Waals surface area contributed by atoms with Gasteiger partial charge in [0.05, 0.1) is 6.54 Å². The monoisotopic (exact) mass is 237 g/mol. The van der Waals surface area contributed by atoms with E-state index in [0.29, 0.717) is 5.92 Å². The molecular formula is C12H23N5. The highest BCUT2D eigenvalue weighted by Gasteiger charge is 2.25. The predicted molar refractivity (Wildman–Crippen MR) is 67.3 cm³/mol. The summed E-state index contributed by atoms with van der Waals surface area (Å²) >= 11 is 0. The smallest absolute Gasteiger partial charge is 0.140 e. The highest BCUT2D eigenvalue weighted by molar-refractivity contribution is 4.87. The molecule has 2 rings (SSSR count).